The number of hydrogen-bond donors (Lipinski definition) is 2. The molecule has 2 rings (SSSR count). The van der Waals surface area contributed by atoms with Gasteiger partial charge in [0.05, 0.1) is 19.1 Å². The van der Waals surface area contributed by atoms with Crippen molar-refractivity contribution in [1.29, 1.82) is 0 Å². The molecule has 0 saturated heterocycles. The molecule has 1 aromatic rings. The van der Waals surface area contributed by atoms with E-state index in [1.54, 1.807) is 13.0 Å². The minimum atomic E-state index is -0.568. The Kier molecular flexibility index (Phi) is 4.20. The van der Waals surface area contributed by atoms with E-state index in [4.69, 9.17) is 4.74 Å². The van der Waals surface area contributed by atoms with Crippen LogP contribution in [0.3, 0.4) is 0 Å². The van der Waals surface area contributed by atoms with Crippen molar-refractivity contribution in [3.63, 3.8) is 0 Å². The number of para-hydroxylation sites is 1. The highest BCUT2D eigenvalue weighted by molar-refractivity contribution is 5.76. The quantitative estimate of drug-likeness (QED) is 0.808. The Labute approximate surface area is 107 Å². The van der Waals surface area contributed by atoms with Crippen LogP contribution in [0.5, 0.6) is 5.75 Å². The Hall–Kier alpha value is -1.55. The van der Waals surface area contributed by atoms with Gasteiger partial charge in [0.1, 0.15) is 5.75 Å². The summed E-state index contributed by atoms with van der Waals surface area (Å²) in [5.74, 6) is 0.679. The van der Waals surface area contributed by atoms with E-state index in [-0.39, 0.29) is 5.91 Å². The molecule has 1 amide bonds. The zero-order valence-electron chi connectivity index (χ0n) is 10.6. The van der Waals surface area contributed by atoms with E-state index in [0.717, 1.165) is 18.4 Å². The first-order valence-electron chi connectivity index (χ1n) is 6.36. The molecule has 0 bridgehead atoms. The molecular formula is C14H19NO3. The molecule has 1 fully saturated rings. The molecule has 1 aromatic carbocycles. The van der Waals surface area contributed by atoms with Gasteiger partial charge in [-0.25, -0.2) is 0 Å². The van der Waals surface area contributed by atoms with Gasteiger partial charge in [-0.05, 0) is 25.8 Å². The number of benzene rings is 1. The van der Waals surface area contributed by atoms with Crippen LogP contribution in [0.1, 0.15) is 37.9 Å². The number of nitrogens with one attached hydrogen (secondary N) is 1. The van der Waals surface area contributed by atoms with Crippen LogP contribution in [-0.4, -0.2) is 23.7 Å². The monoisotopic (exact) mass is 249 g/mol. The van der Waals surface area contributed by atoms with Gasteiger partial charge in [-0.2, -0.15) is 0 Å². The zero-order chi connectivity index (χ0) is 13.0. The topological polar surface area (TPSA) is 58.6 Å². The fourth-order valence-corrected chi connectivity index (χ4v) is 1.74. The van der Waals surface area contributed by atoms with Crippen molar-refractivity contribution in [3.8, 4) is 5.75 Å². The molecule has 1 aliphatic rings. The third kappa shape index (κ3) is 3.74. The van der Waals surface area contributed by atoms with Crippen LogP contribution in [0.4, 0.5) is 0 Å². The minimum absolute atomic E-state index is 0.0343. The number of ether oxygens (including phenoxy) is 1. The van der Waals surface area contributed by atoms with Gasteiger partial charge in [0, 0.05) is 11.6 Å². The van der Waals surface area contributed by atoms with E-state index in [0.29, 0.717) is 24.8 Å². The molecule has 0 unspecified atom stereocenters. The second kappa shape index (κ2) is 5.87. The highest BCUT2D eigenvalue weighted by atomic mass is 16.5. The van der Waals surface area contributed by atoms with Crippen molar-refractivity contribution in [1.82, 2.24) is 5.32 Å². The van der Waals surface area contributed by atoms with Crippen LogP contribution in [-0.2, 0) is 4.79 Å². The average Bonchev–Trinajstić information content (AvgIpc) is 3.13. The molecule has 98 valence electrons. The van der Waals surface area contributed by atoms with Crippen molar-refractivity contribution in [3.05, 3.63) is 29.8 Å². The van der Waals surface area contributed by atoms with E-state index >= 15 is 0 Å². The summed E-state index contributed by atoms with van der Waals surface area (Å²) < 4.78 is 5.55. The van der Waals surface area contributed by atoms with E-state index in [2.05, 4.69) is 5.32 Å². The first-order valence-corrected chi connectivity index (χ1v) is 6.36. The molecule has 4 heteroatoms. The van der Waals surface area contributed by atoms with Crippen molar-refractivity contribution >= 4 is 5.91 Å². The average molecular weight is 249 g/mol. The summed E-state index contributed by atoms with van der Waals surface area (Å²) in [5.41, 5.74) is 0.750. The van der Waals surface area contributed by atoms with E-state index in [1.165, 1.54) is 0 Å². The minimum Gasteiger partial charge on any atom is -0.493 e. The normalized spacial score (nSPS) is 16.1. The first-order chi connectivity index (χ1) is 8.66. The highest BCUT2D eigenvalue weighted by Gasteiger charge is 2.22. The molecule has 0 heterocycles. The highest BCUT2D eigenvalue weighted by Crippen LogP contribution is 2.24. The number of carbonyl (C=O) groups is 1. The number of hydrogen-bond acceptors (Lipinski definition) is 3. The molecule has 0 aliphatic heterocycles. The molecule has 1 aliphatic carbocycles. The van der Waals surface area contributed by atoms with Crippen LogP contribution in [0.15, 0.2) is 24.3 Å². The molecule has 0 radical (unpaired) electrons. The maximum absolute atomic E-state index is 11.5. The maximum atomic E-state index is 11.5. The fraction of sp³-hybridized carbons (Fsp3) is 0.500. The van der Waals surface area contributed by atoms with Gasteiger partial charge >= 0.3 is 0 Å². The SMILES string of the molecule is C[C@H](O)c1ccccc1OCCC(=O)NC1CC1. The predicted octanol–water partition coefficient (Wildman–Crippen LogP) is 1.79. The van der Waals surface area contributed by atoms with Gasteiger partial charge < -0.3 is 15.2 Å². The Bertz CT molecular complexity index is 413. The number of rotatable bonds is 6. The molecule has 4 nitrogen and oxygen atoms in total. The Morgan fingerprint density at radius 2 is 2.22 bits per heavy atom. The lowest BCUT2D eigenvalue weighted by Crippen LogP contribution is -2.26. The van der Waals surface area contributed by atoms with Gasteiger partial charge in [-0.3, -0.25) is 4.79 Å². The molecule has 1 saturated carbocycles. The van der Waals surface area contributed by atoms with Crippen molar-refractivity contribution < 1.29 is 14.6 Å². The summed E-state index contributed by atoms with van der Waals surface area (Å²) in [7, 11) is 0. The van der Waals surface area contributed by atoms with Crippen LogP contribution in [0, 0.1) is 0 Å². The summed E-state index contributed by atoms with van der Waals surface area (Å²) in [6, 6.07) is 7.73. The predicted molar refractivity (Wildman–Crippen MR) is 68.4 cm³/mol. The van der Waals surface area contributed by atoms with Crippen LogP contribution in [0.25, 0.3) is 0 Å². The molecule has 0 spiro atoms. The largest absolute Gasteiger partial charge is 0.493 e. The van der Waals surface area contributed by atoms with Gasteiger partial charge in [0.15, 0.2) is 0 Å². The third-order valence-corrected chi connectivity index (χ3v) is 2.90. The smallest absolute Gasteiger partial charge is 0.223 e. The number of aliphatic hydroxyl groups is 1. The van der Waals surface area contributed by atoms with Crippen molar-refractivity contribution in [2.24, 2.45) is 0 Å². The van der Waals surface area contributed by atoms with Gasteiger partial charge in [0.25, 0.3) is 0 Å². The summed E-state index contributed by atoms with van der Waals surface area (Å²) in [4.78, 5) is 11.5. The first kappa shape index (κ1) is 12.9. The summed E-state index contributed by atoms with van der Waals surface area (Å²) in [6.45, 7) is 2.03. The Morgan fingerprint density at radius 3 is 2.89 bits per heavy atom. The van der Waals surface area contributed by atoms with Crippen LogP contribution < -0.4 is 10.1 Å². The molecular weight excluding hydrogens is 230 g/mol. The van der Waals surface area contributed by atoms with Crippen LogP contribution >= 0.6 is 0 Å². The van der Waals surface area contributed by atoms with Gasteiger partial charge in [0.2, 0.25) is 5.91 Å². The van der Waals surface area contributed by atoms with Crippen molar-refractivity contribution in [2.75, 3.05) is 6.61 Å². The number of carbonyl (C=O) groups excluding carboxylic acids is 1. The molecule has 1 atom stereocenters. The summed E-state index contributed by atoms with van der Waals surface area (Å²) >= 11 is 0. The van der Waals surface area contributed by atoms with Crippen LogP contribution in [0.2, 0.25) is 0 Å². The molecule has 2 N–H and O–H groups in total. The van der Waals surface area contributed by atoms with E-state index in [1.807, 2.05) is 18.2 Å². The Morgan fingerprint density at radius 1 is 1.50 bits per heavy atom. The van der Waals surface area contributed by atoms with Crippen molar-refractivity contribution in [2.45, 2.75) is 38.3 Å². The molecule has 18 heavy (non-hydrogen) atoms. The zero-order valence-corrected chi connectivity index (χ0v) is 10.6. The Balaban J connectivity index is 1.80. The maximum Gasteiger partial charge on any atom is 0.223 e. The molecule has 0 aromatic heterocycles. The second-order valence-corrected chi connectivity index (χ2v) is 4.65. The van der Waals surface area contributed by atoms with E-state index in [9.17, 15) is 9.90 Å². The third-order valence-electron chi connectivity index (χ3n) is 2.90. The summed E-state index contributed by atoms with van der Waals surface area (Å²) in [5, 5.41) is 12.5. The fourth-order valence-electron chi connectivity index (χ4n) is 1.74. The number of aliphatic hydroxyl groups excluding tert-OH is 1. The lowest BCUT2D eigenvalue weighted by Gasteiger charge is -2.13. The van der Waals surface area contributed by atoms with Gasteiger partial charge in [-0.1, -0.05) is 18.2 Å². The summed E-state index contributed by atoms with van der Waals surface area (Å²) in [6.07, 6.45) is 1.97. The van der Waals surface area contributed by atoms with Gasteiger partial charge in [-0.15, -0.1) is 0 Å². The standard InChI is InChI=1S/C14H19NO3/c1-10(16)12-4-2-3-5-13(12)18-9-8-14(17)15-11-6-7-11/h2-5,10-11,16H,6-9H2,1H3,(H,15,17)/t10-/m0/s1. The van der Waals surface area contributed by atoms with E-state index < -0.39 is 6.10 Å². The second-order valence-electron chi connectivity index (χ2n) is 4.65. The lowest BCUT2D eigenvalue weighted by molar-refractivity contribution is -0.121. The number of amides is 1. The lowest BCUT2D eigenvalue weighted by atomic mass is 10.1.